The van der Waals surface area contributed by atoms with Crippen molar-refractivity contribution in [2.45, 2.75) is 32.2 Å². The number of rotatable bonds is 3. The van der Waals surface area contributed by atoms with Crippen molar-refractivity contribution in [1.82, 2.24) is 9.97 Å². The molecule has 2 aliphatic heterocycles. The molecule has 2 aromatic carbocycles. The zero-order valence-corrected chi connectivity index (χ0v) is 18.0. The summed E-state index contributed by atoms with van der Waals surface area (Å²) in [6, 6.07) is 6.61. The highest BCUT2D eigenvalue weighted by molar-refractivity contribution is 14.1. The van der Waals surface area contributed by atoms with Crippen LogP contribution in [-0.2, 0) is 12.3 Å². The Bertz CT molecular complexity index is 1150. The van der Waals surface area contributed by atoms with Gasteiger partial charge in [-0.3, -0.25) is 0 Å². The van der Waals surface area contributed by atoms with E-state index in [0.717, 1.165) is 32.2 Å². The van der Waals surface area contributed by atoms with Crippen molar-refractivity contribution in [3.8, 4) is 11.5 Å². The smallest absolute Gasteiger partial charge is 0.310 e. The highest BCUT2D eigenvalue weighted by Gasteiger charge is 2.42. The number of hydrogen-bond acceptors (Lipinski definition) is 5. The molecule has 1 atom stereocenters. The molecule has 1 aromatic heterocycles. The average molecular weight is 509 g/mol. The van der Waals surface area contributed by atoms with Crippen LogP contribution in [0.1, 0.15) is 35.5 Å². The molecule has 0 fully saturated rings. The van der Waals surface area contributed by atoms with Gasteiger partial charge < -0.3 is 14.8 Å². The number of hydrogen-bond donors (Lipinski definition) is 1. The predicted octanol–water partition coefficient (Wildman–Crippen LogP) is 5.14. The highest BCUT2D eigenvalue weighted by atomic mass is 127. The van der Waals surface area contributed by atoms with Gasteiger partial charge in [0.2, 0.25) is 0 Å². The molecule has 0 aliphatic carbocycles. The van der Waals surface area contributed by atoms with Crippen LogP contribution in [-0.4, -0.2) is 23.2 Å². The van der Waals surface area contributed by atoms with Crippen molar-refractivity contribution >= 4 is 39.3 Å². The molecule has 0 spiro atoms. The minimum atomic E-state index is -2.96. The summed E-state index contributed by atoms with van der Waals surface area (Å²) in [4.78, 5) is 9.25. The summed E-state index contributed by atoms with van der Waals surface area (Å²) in [5.41, 5.74) is 2.60. The van der Waals surface area contributed by atoms with Crippen LogP contribution in [0.15, 0.2) is 24.3 Å². The molecule has 8 heteroatoms. The number of anilines is 1. The Labute approximate surface area is 180 Å². The number of nitrogens with zero attached hydrogens (tertiary/aromatic N) is 2. The maximum atomic E-state index is 14.1. The minimum absolute atomic E-state index is 0.0584. The van der Waals surface area contributed by atoms with E-state index in [2.05, 4.69) is 37.9 Å². The van der Waals surface area contributed by atoms with Gasteiger partial charge in [-0.15, -0.1) is 0 Å². The molecule has 150 valence electrons. The van der Waals surface area contributed by atoms with Crippen molar-refractivity contribution in [1.29, 1.82) is 0 Å². The SMILES string of the molecule is Cc1nc(N[C@H](C)c2cccc3c2OCC3(F)F)c2cc(I)c3c(c2n1)CCO3. The molecule has 0 bridgehead atoms. The number of aromatic nitrogens is 2. The summed E-state index contributed by atoms with van der Waals surface area (Å²) < 4.78 is 40.2. The standard InChI is InChI=1S/C21H18F2IN3O2/c1-10(12-4-3-5-15-18(12)29-9-21(15,22)23)25-20-14-8-16(24)19-13(6-7-28-19)17(14)26-11(2)27-20/h3-5,8,10H,6-7,9H2,1-2H3,(H,25,26,27)/t10-/m1/s1. The van der Waals surface area contributed by atoms with Gasteiger partial charge in [0.05, 0.1) is 27.3 Å². The quantitative estimate of drug-likeness (QED) is 0.496. The third-order valence-electron chi connectivity index (χ3n) is 5.36. The van der Waals surface area contributed by atoms with Gasteiger partial charge in [0.15, 0.2) is 6.61 Å². The van der Waals surface area contributed by atoms with Crippen LogP contribution in [0.25, 0.3) is 10.9 Å². The maximum Gasteiger partial charge on any atom is 0.310 e. The topological polar surface area (TPSA) is 56.3 Å². The first-order valence-corrected chi connectivity index (χ1v) is 10.5. The van der Waals surface area contributed by atoms with E-state index in [9.17, 15) is 8.78 Å². The lowest BCUT2D eigenvalue weighted by molar-refractivity contribution is -0.0214. The molecular weight excluding hydrogens is 491 g/mol. The molecule has 0 saturated heterocycles. The summed E-state index contributed by atoms with van der Waals surface area (Å²) in [7, 11) is 0. The fourth-order valence-electron chi connectivity index (χ4n) is 4.01. The third kappa shape index (κ3) is 2.99. The number of benzene rings is 2. The van der Waals surface area contributed by atoms with E-state index in [1.54, 1.807) is 6.07 Å². The molecule has 29 heavy (non-hydrogen) atoms. The first-order valence-electron chi connectivity index (χ1n) is 9.38. The zero-order chi connectivity index (χ0) is 20.3. The lowest BCUT2D eigenvalue weighted by Gasteiger charge is -2.19. The van der Waals surface area contributed by atoms with Crippen LogP contribution >= 0.6 is 22.6 Å². The Balaban J connectivity index is 1.58. The fourth-order valence-corrected chi connectivity index (χ4v) is 4.81. The second kappa shape index (κ2) is 6.65. The number of nitrogens with one attached hydrogen (secondary N) is 1. The fraction of sp³-hybridized carbons (Fsp3) is 0.333. The van der Waals surface area contributed by atoms with Gasteiger partial charge in [0.1, 0.15) is 23.1 Å². The van der Waals surface area contributed by atoms with E-state index in [4.69, 9.17) is 9.47 Å². The first kappa shape index (κ1) is 18.8. The van der Waals surface area contributed by atoms with Crippen molar-refractivity contribution in [3.05, 3.63) is 50.4 Å². The molecule has 3 aromatic rings. The summed E-state index contributed by atoms with van der Waals surface area (Å²) in [5, 5.41) is 4.30. The van der Waals surface area contributed by atoms with Gasteiger partial charge in [-0.25, -0.2) is 9.97 Å². The number of ether oxygens (including phenoxy) is 2. The normalized spacial score (nSPS) is 17.4. The Morgan fingerprint density at radius 3 is 2.86 bits per heavy atom. The molecule has 0 unspecified atom stereocenters. The van der Waals surface area contributed by atoms with Crippen molar-refractivity contribution in [2.75, 3.05) is 18.5 Å². The van der Waals surface area contributed by atoms with Crippen LogP contribution in [0.2, 0.25) is 0 Å². The van der Waals surface area contributed by atoms with E-state index < -0.39 is 12.5 Å². The van der Waals surface area contributed by atoms with Gasteiger partial charge in [0, 0.05) is 22.9 Å². The number of alkyl halides is 2. The van der Waals surface area contributed by atoms with Gasteiger partial charge in [-0.05, 0) is 48.6 Å². The minimum Gasteiger partial charge on any atom is -0.492 e. The first-order chi connectivity index (χ1) is 13.8. The van der Waals surface area contributed by atoms with Crippen LogP contribution in [0.5, 0.6) is 11.5 Å². The van der Waals surface area contributed by atoms with Crippen molar-refractivity contribution in [2.24, 2.45) is 0 Å². The molecule has 5 rings (SSSR count). The van der Waals surface area contributed by atoms with Gasteiger partial charge in [-0.1, -0.05) is 12.1 Å². The van der Waals surface area contributed by atoms with Gasteiger partial charge in [0.25, 0.3) is 0 Å². The van der Waals surface area contributed by atoms with Crippen LogP contribution in [0, 0.1) is 10.5 Å². The molecule has 5 nitrogen and oxygen atoms in total. The number of para-hydroxylation sites is 1. The van der Waals surface area contributed by atoms with E-state index in [1.807, 2.05) is 26.0 Å². The zero-order valence-electron chi connectivity index (χ0n) is 15.9. The Hall–Kier alpha value is -2.23. The number of halogens is 3. The molecule has 0 amide bonds. The number of aryl methyl sites for hydroxylation is 1. The van der Waals surface area contributed by atoms with Crippen LogP contribution in [0.3, 0.4) is 0 Å². The molecule has 0 saturated carbocycles. The van der Waals surface area contributed by atoms with E-state index in [0.29, 0.717) is 23.8 Å². The summed E-state index contributed by atoms with van der Waals surface area (Å²) in [6.45, 7) is 3.79. The summed E-state index contributed by atoms with van der Waals surface area (Å²) in [5.74, 6) is -0.485. The maximum absolute atomic E-state index is 14.1. The van der Waals surface area contributed by atoms with E-state index in [-0.39, 0.29) is 17.4 Å². The monoisotopic (exact) mass is 509 g/mol. The van der Waals surface area contributed by atoms with Crippen molar-refractivity contribution < 1.29 is 18.3 Å². The molecule has 1 N–H and O–H groups in total. The van der Waals surface area contributed by atoms with E-state index >= 15 is 0 Å². The Kier molecular flexibility index (Phi) is 4.30. The number of fused-ring (bicyclic) bond motifs is 4. The Morgan fingerprint density at radius 2 is 2.03 bits per heavy atom. The van der Waals surface area contributed by atoms with Crippen LogP contribution < -0.4 is 14.8 Å². The second-order valence-electron chi connectivity index (χ2n) is 7.36. The lowest BCUT2D eigenvalue weighted by Crippen LogP contribution is -2.14. The molecule has 3 heterocycles. The average Bonchev–Trinajstić information content (AvgIpc) is 3.28. The molecule has 2 aliphatic rings. The second-order valence-corrected chi connectivity index (χ2v) is 8.53. The van der Waals surface area contributed by atoms with Crippen molar-refractivity contribution in [3.63, 3.8) is 0 Å². The highest BCUT2D eigenvalue weighted by Crippen LogP contribution is 2.45. The Morgan fingerprint density at radius 1 is 1.21 bits per heavy atom. The third-order valence-corrected chi connectivity index (χ3v) is 6.16. The lowest BCUT2D eigenvalue weighted by atomic mass is 10.0. The van der Waals surface area contributed by atoms with E-state index in [1.165, 1.54) is 6.07 Å². The van der Waals surface area contributed by atoms with Gasteiger partial charge >= 0.3 is 5.92 Å². The van der Waals surface area contributed by atoms with Gasteiger partial charge in [-0.2, -0.15) is 8.78 Å². The molecule has 0 radical (unpaired) electrons. The molecular formula is C21H18F2IN3O2. The predicted molar refractivity (Wildman–Crippen MR) is 114 cm³/mol. The largest absolute Gasteiger partial charge is 0.492 e. The van der Waals surface area contributed by atoms with Crippen LogP contribution in [0.4, 0.5) is 14.6 Å². The summed E-state index contributed by atoms with van der Waals surface area (Å²) in [6.07, 6.45) is 0.809. The summed E-state index contributed by atoms with van der Waals surface area (Å²) >= 11 is 2.26.